The van der Waals surface area contributed by atoms with Crippen molar-refractivity contribution in [2.45, 2.75) is 33.6 Å². The lowest BCUT2D eigenvalue weighted by Crippen LogP contribution is -2.05. The number of benzene rings is 1. The number of esters is 1. The van der Waals surface area contributed by atoms with Gasteiger partial charge in [-0.05, 0) is 51.8 Å². The predicted molar refractivity (Wildman–Crippen MR) is 84.1 cm³/mol. The fraction of sp³-hybridized carbons (Fsp3) is 0.353. The van der Waals surface area contributed by atoms with Crippen LogP contribution in [-0.4, -0.2) is 27.9 Å². The number of rotatable bonds is 6. The lowest BCUT2D eigenvalue weighted by atomic mass is 10.1. The summed E-state index contributed by atoms with van der Waals surface area (Å²) in [6.07, 6.45) is 5.80. The first-order chi connectivity index (χ1) is 10.3. The van der Waals surface area contributed by atoms with Crippen molar-refractivity contribution < 1.29 is 24.9 Å². The van der Waals surface area contributed by atoms with E-state index in [9.17, 15) is 20.1 Å². The van der Waals surface area contributed by atoms with Crippen LogP contribution in [0.1, 0.15) is 44.0 Å². The van der Waals surface area contributed by atoms with Gasteiger partial charge in [0.2, 0.25) is 0 Å². The van der Waals surface area contributed by atoms with E-state index >= 15 is 0 Å². The highest BCUT2D eigenvalue weighted by atomic mass is 16.5. The lowest BCUT2D eigenvalue weighted by Gasteiger charge is -2.06. The molecule has 0 atom stereocenters. The third-order valence-electron chi connectivity index (χ3n) is 3.04. The van der Waals surface area contributed by atoms with Gasteiger partial charge in [0, 0.05) is 0 Å². The average Bonchev–Trinajstić information content (AvgIpc) is 2.43. The summed E-state index contributed by atoms with van der Waals surface area (Å²) >= 11 is 0. The van der Waals surface area contributed by atoms with E-state index in [4.69, 9.17) is 4.74 Å². The molecule has 1 aromatic carbocycles. The number of carbonyl (C=O) groups excluding carboxylic acids is 1. The molecule has 0 bridgehead atoms. The fourth-order valence-corrected chi connectivity index (χ4v) is 1.76. The first-order valence-corrected chi connectivity index (χ1v) is 7.02. The van der Waals surface area contributed by atoms with Crippen LogP contribution < -0.4 is 0 Å². The van der Waals surface area contributed by atoms with Crippen molar-refractivity contribution in [1.29, 1.82) is 0 Å². The normalized spacial score (nSPS) is 11.1. The van der Waals surface area contributed by atoms with Gasteiger partial charge in [-0.3, -0.25) is 0 Å². The zero-order valence-electron chi connectivity index (χ0n) is 13.1. The van der Waals surface area contributed by atoms with Crippen LogP contribution in [-0.2, 0) is 4.74 Å². The summed E-state index contributed by atoms with van der Waals surface area (Å²) in [4.78, 5) is 11.8. The Balaban J connectivity index is 2.54. The van der Waals surface area contributed by atoms with Gasteiger partial charge in [0.25, 0.3) is 0 Å². The van der Waals surface area contributed by atoms with E-state index in [1.807, 2.05) is 26.8 Å². The molecule has 0 amide bonds. The van der Waals surface area contributed by atoms with Crippen molar-refractivity contribution in [3.8, 4) is 17.2 Å². The van der Waals surface area contributed by atoms with Gasteiger partial charge in [0.1, 0.15) is 6.61 Å². The van der Waals surface area contributed by atoms with Gasteiger partial charge in [-0.15, -0.1) is 0 Å². The molecule has 1 aromatic rings. The molecule has 0 aliphatic rings. The topological polar surface area (TPSA) is 87.0 Å². The van der Waals surface area contributed by atoms with Gasteiger partial charge >= 0.3 is 5.97 Å². The van der Waals surface area contributed by atoms with Crippen molar-refractivity contribution in [1.82, 2.24) is 0 Å². The molecule has 5 nitrogen and oxygen atoms in total. The molecule has 5 heteroatoms. The number of phenolic OH excluding ortho intramolecular Hbond substituents is 3. The van der Waals surface area contributed by atoms with Crippen molar-refractivity contribution in [3.63, 3.8) is 0 Å². The van der Waals surface area contributed by atoms with Gasteiger partial charge in [0.05, 0.1) is 5.56 Å². The van der Waals surface area contributed by atoms with Gasteiger partial charge in [-0.25, -0.2) is 4.79 Å². The van der Waals surface area contributed by atoms with Crippen LogP contribution >= 0.6 is 0 Å². The number of ether oxygens (including phenoxy) is 1. The second kappa shape index (κ2) is 8.12. The van der Waals surface area contributed by atoms with Gasteiger partial charge in [-0.2, -0.15) is 0 Å². The van der Waals surface area contributed by atoms with E-state index in [1.165, 1.54) is 5.57 Å². The first-order valence-electron chi connectivity index (χ1n) is 7.02. The highest BCUT2D eigenvalue weighted by Gasteiger charge is 2.14. The van der Waals surface area contributed by atoms with Gasteiger partial charge in [0.15, 0.2) is 17.2 Å². The second-order valence-corrected chi connectivity index (χ2v) is 5.33. The van der Waals surface area contributed by atoms with E-state index in [0.717, 1.165) is 30.5 Å². The minimum absolute atomic E-state index is 0.0246. The molecule has 0 heterocycles. The van der Waals surface area contributed by atoms with Gasteiger partial charge < -0.3 is 20.1 Å². The van der Waals surface area contributed by atoms with Crippen molar-refractivity contribution in [2.24, 2.45) is 0 Å². The van der Waals surface area contributed by atoms with E-state index in [0.29, 0.717) is 0 Å². The Morgan fingerprint density at radius 3 is 2.23 bits per heavy atom. The van der Waals surface area contributed by atoms with E-state index in [1.54, 1.807) is 0 Å². The van der Waals surface area contributed by atoms with E-state index < -0.39 is 23.2 Å². The molecule has 0 fully saturated rings. The largest absolute Gasteiger partial charge is 0.504 e. The Morgan fingerprint density at radius 1 is 1.09 bits per heavy atom. The van der Waals surface area contributed by atoms with E-state index in [-0.39, 0.29) is 12.2 Å². The van der Waals surface area contributed by atoms with E-state index in [2.05, 4.69) is 6.08 Å². The third kappa shape index (κ3) is 5.52. The monoisotopic (exact) mass is 306 g/mol. The highest BCUT2D eigenvalue weighted by Crippen LogP contribution is 2.35. The molecule has 22 heavy (non-hydrogen) atoms. The van der Waals surface area contributed by atoms with Crippen molar-refractivity contribution in [2.75, 3.05) is 6.61 Å². The summed E-state index contributed by atoms with van der Waals surface area (Å²) in [7, 11) is 0. The number of hydrogen-bond donors (Lipinski definition) is 3. The lowest BCUT2D eigenvalue weighted by molar-refractivity contribution is 0.0548. The summed E-state index contributed by atoms with van der Waals surface area (Å²) < 4.78 is 5.04. The fourth-order valence-electron chi connectivity index (χ4n) is 1.76. The molecule has 0 radical (unpaired) electrons. The molecule has 0 saturated carbocycles. The molecule has 0 aromatic heterocycles. The standard InChI is InChI=1S/C17H22O5/c1-11(2)5-4-6-12(3)7-8-22-17(21)13-9-14(18)16(20)15(19)10-13/h5,7,9-10,18-20H,4,6,8H2,1-3H3. The van der Waals surface area contributed by atoms with Crippen molar-refractivity contribution in [3.05, 3.63) is 41.0 Å². The van der Waals surface area contributed by atoms with Crippen LogP contribution in [0.5, 0.6) is 17.2 Å². The number of allylic oxidation sites excluding steroid dienone is 3. The van der Waals surface area contributed by atoms with Crippen LogP contribution in [0.2, 0.25) is 0 Å². The number of aromatic hydroxyl groups is 3. The number of hydrogen-bond acceptors (Lipinski definition) is 5. The second-order valence-electron chi connectivity index (χ2n) is 5.33. The molecule has 120 valence electrons. The molecule has 0 saturated heterocycles. The zero-order chi connectivity index (χ0) is 16.7. The quantitative estimate of drug-likeness (QED) is 0.424. The number of carbonyl (C=O) groups is 1. The summed E-state index contributed by atoms with van der Waals surface area (Å²) in [6, 6.07) is 2.09. The average molecular weight is 306 g/mol. The summed E-state index contributed by atoms with van der Waals surface area (Å²) in [5, 5.41) is 27.9. The molecular weight excluding hydrogens is 284 g/mol. The summed E-state index contributed by atoms with van der Waals surface area (Å²) in [5.41, 5.74) is 2.36. The van der Waals surface area contributed by atoms with Crippen LogP contribution in [0, 0.1) is 0 Å². The minimum atomic E-state index is -0.682. The Hall–Kier alpha value is -2.43. The summed E-state index contributed by atoms with van der Waals surface area (Å²) in [6.45, 7) is 6.17. The van der Waals surface area contributed by atoms with Crippen molar-refractivity contribution >= 4 is 5.97 Å². The Kier molecular flexibility index (Phi) is 6.50. The maximum Gasteiger partial charge on any atom is 0.338 e. The van der Waals surface area contributed by atoms with Crippen LogP contribution in [0.25, 0.3) is 0 Å². The van der Waals surface area contributed by atoms with Crippen LogP contribution in [0.15, 0.2) is 35.4 Å². The summed E-state index contributed by atoms with van der Waals surface area (Å²) in [5.74, 6) is -2.48. The third-order valence-corrected chi connectivity index (χ3v) is 3.04. The molecule has 0 aliphatic heterocycles. The molecule has 3 N–H and O–H groups in total. The SMILES string of the molecule is CC(C)=CCCC(C)=CCOC(=O)c1cc(O)c(O)c(O)c1. The Morgan fingerprint density at radius 2 is 1.68 bits per heavy atom. The first kappa shape index (κ1) is 17.6. The van der Waals surface area contributed by atoms with Gasteiger partial charge in [-0.1, -0.05) is 17.2 Å². The maximum absolute atomic E-state index is 11.8. The van der Waals surface area contributed by atoms with Crippen LogP contribution in [0.3, 0.4) is 0 Å². The number of phenols is 3. The molecule has 0 aliphatic carbocycles. The predicted octanol–water partition coefficient (Wildman–Crippen LogP) is 3.65. The molecule has 0 unspecified atom stereocenters. The maximum atomic E-state index is 11.8. The molecular formula is C17H22O5. The smallest absolute Gasteiger partial charge is 0.338 e. The molecule has 0 spiro atoms. The Bertz CT molecular complexity index is 572. The zero-order valence-corrected chi connectivity index (χ0v) is 13.1. The highest BCUT2D eigenvalue weighted by molar-refractivity contribution is 5.91. The van der Waals surface area contributed by atoms with Crippen LogP contribution in [0.4, 0.5) is 0 Å². The molecule has 1 rings (SSSR count). The minimum Gasteiger partial charge on any atom is -0.504 e. The Labute approximate surface area is 130 Å².